The lowest BCUT2D eigenvalue weighted by atomic mass is 10.2. The first-order chi connectivity index (χ1) is 14.5. The van der Waals surface area contributed by atoms with Gasteiger partial charge in [0.05, 0.1) is 23.4 Å². The lowest BCUT2D eigenvalue weighted by Gasteiger charge is -2.15. The number of hydrogen-bond acceptors (Lipinski definition) is 6. The molecule has 0 radical (unpaired) electrons. The molecule has 2 amide bonds. The van der Waals surface area contributed by atoms with Gasteiger partial charge >= 0.3 is 0 Å². The lowest BCUT2D eigenvalue weighted by Crippen LogP contribution is -2.27. The van der Waals surface area contributed by atoms with Crippen LogP contribution in [-0.4, -0.2) is 28.2 Å². The molecule has 150 valence electrons. The summed E-state index contributed by atoms with van der Waals surface area (Å²) in [6, 6.07) is 16.5. The number of nitrogens with zero attached hydrogens (tertiary/aromatic N) is 2. The first-order valence-electron chi connectivity index (χ1n) is 9.05. The number of methoxy groups -OCH3 is 1. The Morgan fingerprint density at radius 3 is 2.63 bits per heavy atom. The van der Waals surface area contributed by atoms with Gasteiger partial charge in [-0.1, -0.05) is 42.2 Å². The van der Waals surface area contributed by atoms with Crippen LogP contribution < -0.4 is 15.0 Å². The van der Waals surface area contributed by atoms with Crippen LogP contribution in [0.15, 0.2) is 59.5 Å². The third-order valence-electron chi connectivity index (χ3n) is 4.44. The molecule has 1 fully saturated rings. The van der Waals surface area contributed by atoms with Crippen molar-refractivity contribution in [3.63, 3.8) is 0 Å². The summed E-state index contributed by atoms with van der Waals surface area (Å²) in [5.74, 6) is 0.310. The normalized spacial score (nSPS) is 15.1. The highest BCUT2D eigenvalue weighted by molar-refractivity contribution is 8.27. The van der Waals surface area contributed by atoms with E-state index in [9.17, 15) is 9.59 Å². The van der Waals surface area contributed by atoms with Crippen LogP contribution in [0.2, 0.25) is 0 Å². The molecule has 1 aliphatic heterocycles. The molecule has 3 aromatic rings. The van der Waals surface area contributed by atoms with E-state index >= 15 is 0 Å². The Labute approximate surface area is 182 Å². The maximum Gasteiger partial charge on any atom is 0.270 e. The van der Waals surface area contributed by atoms with Gasteiger partial charge in [-0.2, -0.15) is 0 Å². The van der Waals surface area contributed by atoms with Crippen molar-refractivity contribution in [2.24, 2.45) is 0 Å². The predicted octanol–water partition coefficient (Wildman–Crippen LogP) is 4.61. The van der Waals surface area contributed by atoms with E-state index in [0.29, 0.717) is 32.0 Å². The van der Waals surface area contributed by atoms with Crippen LogP contribution >= 0.6 is 24.0 Å². The second-order valence-corrected chi connectivity index (χ2v) is 8.19. The molecule has 0 atom stereocenters. The molecule has 0 unspecified atom stereocenters. The number of para-hydroxylation sites is 1. The van der Waals surface area contributed by atoms with Crippen LogP contribution in [0.3, 0.4) is 0 Å². The van der Waals surface area contributed by atoms with Gasteiger partial charge < -0.3 is 10.1 Å². The number of fused-ring (bicyclic) bond motifs is 1. The monoisotopic (exact) mass is 435 g/mol. The Balaban J connectivity index is 1.63. The molecule has 0 spiro atoms. The SMILES string of the molecule is COc1cccc2ccc(/C=C3/SC(=S)N(c4ccc(NC(C)=O)cc4)C3=O)nc12. The molecular formula is C22H17N3O3S2. The van der Waals surface area contributed by atoms with Crippen LogP contribution in [0.4, 0.5) is 11.4 Å². The fraction of sp³-hybridized carbons (Fsp3) is 0.0909. The molecule has 1 saturated heterocycles. The van der Waals surface area contributed by atoms with Crippen molar-refractivity contribution in [1.82, 2.24) is 4.98 Å². The third-order valence-corrected chi connectivity index (χ3v) is 5.75. The fourth-order valence-electron chi connectivity index (χ4n) is 3.10. The van der Waals surface area contributed by atoms with Crippen LogP contribution in [0.25, 0.3) is 17.0 Å². The van der Waals surface area contributed by atoms with Gasteiger partial charge in [-0.3, -0.25) is 14.5 Å². The van der Waals surface area contributed by atoms with E-state index in [1.165, 1.54) is 23.6 Å². The van der Waals surface area contributed by atoms with Gasteiger partial charge in [-0.15, -0.1) is 0 Å². The number of thioether (sulfide) groups is 1. The zero-order chi connectivity index (χ0) is 21.3. The van der Waals surface area contributed by atoms with Crippen molar-refractivity contribution in [2.75, 3.05) is 17.3 Å². The highest BCUT2D eigenvalue weighted by Crippen LogP contribution is 2.36. The molecule has 0 aliphatic carbocycles. The number of amides is 2. The van der Waals surface area contributed by atoms with Crippen molar-refractivity contribution in [2.45, 2.75) is 6.92 Å². The molecule has 2 aromatic carbocycles. The number of rotatable bonds is 4. The van der Waals surface area contributed by atoms with E-state index in [0.717, 1.165) is 10.9 Å². The Kier molecular flexibility index (Phi) is 5.52. The molecule has 2 heterocycles. The Bertz CT molecular complexity index is 1210. The van der Waals surface area contributed by atoms with E-state index in [4.69, 9.17) is 17.0 Å². The van der Waals surface area contributed by atoms with E-state index < -0.39 is 0 Å². The van der Waals surface area contributed by atoms with E-state index in [-0.39, 0.29) is 11.8 Å². The average molecular weight is 436 g/mol. The number of aromatic nitrogens is 1. The predicted molar refractivity (Wildman–Crippen MR) is 125 cm³/mol. The summed E-state index contributed by atoms with van der Waals surface area (Å²) in [5, 5.41) is 3.66. The molecule has 4 rings (SSSR count). The van der Waals surface area contributed by atoms with Gasteiger partial charge in [0.1, 0.15) is 11.3 Å². The number of benzene rings is 2. The number of ether oxygens (including phenoxy) is 1. The van der Waals surface area contributed by atoms with Gasteiger partial charge in [0.25, 0.3) is 5.91 Å². The summed E-state index contributed by atoms with van der Waals surface area (Å²) >= 11 is 6.66. The van der Waals surface area contributed by atoms with Gasteiger partial charge in [0.2, 0.25) is 5.91 Å². The van der Waals surface area contributed by atoms with Crippen molar-refractivity contribution < 1.29 is 14.3 Å². The number of nitrogens with one attached hydrogen (secondary N) is 1. The second kappa shape index (κ2) is 8.25. The van der Waals surface area contributed by atoms with E-state index in [1.54, 1.807) is 37.5 Å². The van der Waals surface area contributed by atoms with Crippen LogP contribution in [0, 0.1) is 0 Å². The topological polar surface area (TPSA) is 71.5 Å². The molecular weight excluding hydrogens is 418 g/mol. The smallest absolute Gasteiger partial charge is 0.270 e. The summed E-state index contributed by atoms with van der Waals surface area (Å²) < 4.78 is 5.83. The molecule has 1 N–H and O–H groups in total. The summed E-state index contributed by atoms with van der Waals surface area (Å²) in [7, 11) is 1.60. The molecule has 0 bridgehead atoms. The minimum Gasteiger partial charge on any atom is -0.494 e. The molecule has 8 heteroatoms. The number of anilines is 2. The van der Waals surface area contributed by atoms with Gasteiger partial charge in [-0.05, 0) is 42.5 Å². The van der Waals surface area contributed by atoms with Crippen molar-refractivity contribution in [3.05, 3.63) is 65.2 Å². The summed E-state index contributed by atoms with van der Waals surface area (Å²) in [4.78, 5) is 30.8. The minimum atomic E-state index is -0.209. The number of thiocarbonyl (C=S) groups is 1. The summed E-state index contributed by atoms with van der Waals surface area (Å²) in [6.07, 6.45) is 1.73. The summed E-state index contributed by atoms with van der Waals surface area (Å²) in [5.41, 5.74) is 2.68. The van der Waals surface area contributed by atoms with Crippen molar-refractivity contribution in [3.8, 4) is 5.75 Å². The standard InChI is InChI=1S/C22H17N3O3S2/c1-13(26)23-15-8-10-17(11-9-15)25-21(27)19(30-22(25)29)12-16-7-6-14-4-3-5-18(28-2)20(14)24-16/h3-12H,1-2H3,(H,23,26)/b19-12+. The number of carbonyl (C=O) groups is 2. The number of hydrogen-bond donors (Lipinski definition) is 1. The lowest BCUT2D eigenvalue weighted by molar-refractivity contribution is -0.114. The Hall–Kier alpha value is -3.23. The third kappa shape index (κ3) is 3.92. The zero-order valence-corrected chi connectivity index (χ0v) is 17.8. The van der Waals surface area contributed by atoms with Crippen LogP contribution in [-0.2, 0) is 9.59 Å². The first kappa shape index (κ1) is 20.1. The number of pyridine rings is 1. The average Bonchev–Trinajstić information content (AvgIpc) is 3.00. The maximum absolute atomic E-state index is 13.0. The van der Waals surface area contributed by atoms with Gasteiger partial charge in [0, 0.05) is 18.0 Å². The summed E-state index contributed by atoms with van der Waals surface area (Å²) in [6.45, 7) is 1.44. The van der Waals surface area contributed by atoms with E-state index in [2.05, 4.69) is 10.3 Å². The maximum atomic E-state index is 13.0. The van der Waals surface area contributed by atoms with Crippen molar-refractivity contribution >= 4 is 68.5 Å². The highest BCUT2D eigenvalue weighted by Gasteiger charge is 2.33. The minimum absolute atomic E-state index is 0.157. The van der Waals surface area contributed by atoms with Crippen molar-refractivity contribution in [1.29, 1.82) is 0 Å². The zero-order valence-electron chi connectivity index (χ0n) is 16.2. The quantitative estimate of drug-likeness (QED) is 0.477. The molecule has 6 nitrogen and oxygen atoms in total. The van der Waals surface area contributed by atoms with Crippen LogP contribution in [0.5, 0.6) is 5.75 Å². The van der Waals surface area contributed by atoms with Gasteiger partial charge in [-0.25, -0.2) is 4.98 Å². The molecule has 1 aromatic heterocycles. The largest absolute Gasteiger partial charge is 0.494 e. The van der Waals surface area contributed by atoms with Crippen LogP contribution in [0.1, 0.15) is 12.6 Å². The number of carbonyl (C=O) groups excluding carboxylic acids is 2. The highest BCUT2D eigenvalue weighted by atomic mass is 32.2. The fourth-order valence-corrected chi connectivity index (χ4v) is 4.39. The van der Waals surface area contributed by atoms with E-state index in [1.807, 2.05) is 30.3 Å². The first-order valence-corrected chi connectivity index (χ1v) is 10.3. The Morgan fingerprint density at radius 1 is 1.17 bits per heavy atom. The molecule has 1 aliphatic rings. The molecule has 30 heavy (non-hydrogen) atoms. The Morgan fingerprint density at radius 2 is 1.93 bits per heavy atom. The van der Waals surface area contributed by atoms with Gasteiger partial charge in [0.15, 0.2) is 4.32 Å². The second-order valence-electron chi connectivity index (χ2n) is 6.51. The molecule has 0 saturated carbocycles.